The molecule has 2 aliphatic carbocycles. The van der Waals surface area contributed by atoms with Crippen LogP contribution in [-0.4, -0.2) is 64.3 Å². The number of ether oxygens (including phenoxy) is 3. The highest BCUT2D eigenvalue weighted by Crippen LogP contribution is 2.74. The first-order chi connectivity index (χ1) is 9.91. The number of Topliss-reactive ketones (excluding diaryl/α,β-unsaturated/α-hetero) is 1. The van der Waals surface area contributed by atoms with Crippen LogP contribution in [0.5, 0.6) is 0 Å². The number of hydrogen-bond acceptors (Lipinski definition) is 6. The largest absolute Gasteiger partial charge is 0.390 e. The average molecular weight is 294 g/mol. The van der Waals surface area contributed by atoms with E-state index in [1.54, 1.807) is 13.0 Å². The van der Waals surface area contributed by atoms with Crippen molar-refractivity contribution in [1.82, 2.24) is 0 Å². The molecule has 21 heavy (non-hydrogen) atoms. The monoisotopic (exact) mass is 294 g/mol. The van der Waals surface area contributed by atoms with E-state index >= 15 is 0 Å². The SMILES string of the molecule is CC1=C[C@H]2O[C@@H]3[C@H](O)C[C@@]4(OC[C@]24[C@H](O)C1=O)[C@@]31O[C@@H]1C. The summed E-state index contributed by atoms with van der Waals surface area (Å²) in [7, 11) is 0. The molecule has 8 atom stereocenters. The molecule has 0 aromatic heterocycles. The predicted octanol–water partition coefficient (Wildman–Crippen LogP) is -0.679. The maximum absolute atomic E-state index is 12.3. The number of epoxide rings is 1. The molecule has 1 saturated carbocycles. The second-order valence-electron chi connectivity index (χ2n) is 7.07. The van der Waals surface area contributed by atoms with Gasteiger partial charge in [-0.2, -0.15) is 0 Å². The Bertz CT molecular complexity index is 601. The summed E-state index contributed by atoms with van der Waals surface area (Å²) in [6.07, 6.45) is -0.729. The average Bonchev–Trinajstić information content (AvgIpc) is 3.02. The fourth-order valence-electron chi connectivity index (χ4n) is 5.38. The maximum Gasteiger partial charge on any atom is 0.187 e. The van der Waals surface area contributed by atoms with E-state index in [1.807, 2.05) is 6.92 Å². The van der Waals surface area contributed by atoms with Crippen LogP contribution in [0.25, 0.3) is 0 Å². The smallest absolute Gasteiger partial charge is 0.187 e. The van der Waals surface area contributed by atoms with E-state index in [0.29, 0.717) is 12.0 Å². The molecule has 3 spiro atoms. The minimum Gasteiger partial charge on any atom is -0.390 e. The van der Waals surface area contributed by atoms with Gasteiger partial charge in [0.2, 0.25) is 0 Å². The Kier molecular flexibility index (Phi) is 1.97. The molecule has 0 radical (unpaired) electrons. The minimum absolute atomic E-state index is 0.105. The van der Waals surface area contributed by atoms with Gasteiger partial charge in [0.1, 0.15) is 17.8 Å². The van der Waals surface area contributed by atoms with Gasteiger partial charge in [-0.3, -0.25) is 4.79 Å². The molecule has 114 valence electrons. The van der Waals surface area contributed by atoms with Crippen LogP contribution in [0.3, 0.4) is 0 Å². The van der Waals surface area contributed by atoms with Crippen LogP contribution < -0.4 is 0 Å². The number of carbonyl (C=O) groups is 1. The summed E-state index contributed by atoms with van der Waals surface area (Å²) in [5.74, 6) is -0.277. The molecule has 3 heterocycles. The van der Waals surface area contributed by atoms with Crippen molar-refractivity contribution in [2.24, 2.45) is 5.41 Å². The molecular formula is C15H18O6. The van der Waals surface area contributed by atoms with E-state index in [9.17, 15) is 15.0 Å². The molecule has 3 aliphatic heterocycles. The number of hydrogen-bond donors (Lipinski definition) is 2. The normalized spacial score (nSPS) is 63.7. The van der Waals surface area contributed by atoms with Crippen molar-refractivity contribution in [2.75, 3.05) is 6.61 Å². The lowest BCUT2D eigenvalue weighted by Crippen LogP contribution is -2.82. The van der Waals surface area contributed by atoms with E-state index in [0.717, 1.165) is 0 Å². The molecule has 4 fully saturated rings. The van der Waals surface area contributed by atoms with Gasteiger partial charge in [-0.05, 0) is 25.5 Å². The second-order valence-corrected chi connectivity index (χ2v) is 7.07. The molecule has 0 amide bonds. The van der Waals surface area contributed by atoms with Gasteiger partial charge >= 0.3 is 0 Å². The lowest BCUT2D eigenvalue weighted by Gasteiger charge is -2.66. The van der Waals surface area contributed by atoms with Gasteiger partial charge in [0.15, 0.2) is 11.4 Å². The van der Waals surface area contributed by atoms with Crippen LogP contribution in [0.15, 0.2) is 11.6 Å². The number of ketones is 1. The zero-order valence-electron chi connectivity index (χ0n) is 11.9. The molecule has 2 N–H and O–H groups in total. The van der Waals surface area contributed by atoms with Crippen LogP contribution in [-0.2, 0) is 19.0 Å². The van der Waals surface area contributed by atoms with Crippen molar-refractivity contribution < 1.29 is 29.2 Å². The molecule has 2 bridgehead atoms. The van der Waals surface area contributed by atoms with Crippen LogP contribution in [0.4, 0.5) is 0 Å². The number of rotatable bonds is 0. The molecule has 0 aromatic carbocycles. The van der Waals surface area contributed by atoms with Gasteiger partial charge in [-0.25, -0.2) is 0 Å². The molecule has 6 nitrogen and oxygen atoms in total. The van der Waals surface area contributed by atoms with Gasteiger partial charge < -0.3 is 24.4 Å². The molecular weight excluding hydrogens is 276 g/mol. The summed E-state index contributed by atoms with van der Waals surface area (Å²) >= 11 is 0. The van der Waals surface area contributed by atoms with Gasteiger partial charge in [0, 0.05) is 6.42 Å². The van der Waals surface area contributed by atoms with Crippen molar-refractivity contribution in [2.45, 2.75) is 62.0 Å². The highest BCUT2D eigenvalue weighted by Gasteiger charge is 2.92. The highest BCUT2D eigenvalue weighted by molar-refractivity contribution is 6.00. The van der Waals surface area contributed by atoms with Crippen LogP contribution >= 0.6 is 0 Å². The standard InChI is InChI=1S/C15H18O6/c1-6-3-9-13(11(18)10(6)17)5-19-14(13)4-8(16)12(20-9)15(14)7(2)21-15/h3,7-9,11-12,16,18H,4-5H2,1-2H3/t7-,8-,9-,11-,12-,13-,14+,15+/m1/s1. The Morgan fingerprint density at radius 2 is 2.10 bits per heavy atom. The van der Waals surface area contributed by atoms with E-state index in [1.165, 1.54) is 0 Å². The first-order valence-corrected chi connectivity index (χ1v) is 7.47. The van der Waals surface area contributed by atoms with E-state index in [4.69, 9.17) is 14.2 Å². The maximum atomic E-state index is 12.3. The fraction of sp³-hybridized carbons (Fsp3) is 0.800. The molecule has 0 unspecified atom stereocenters. The van der Waals surface area contributed by atoms with Gasteiger partial charge in [0.05, 0.1) is 30.3 Å². The van der Waals surface area contributed by atoms with Crippen molar-refractivity contribution in [1.29, 1.82) is 0 Å². The Balaban J connectivity index is 1.74. The molecule has 0 aromatic rings. The van der Waals surface area contributed by atoms with Crippen LogP contribution in [0, 0.1) is 5.41 Å². The summed E-state index contributed by atoms with van der Waals surface area (Å²) in [5, 5.41) is 21.1. The summed E-state index contributed by atoms with van der Waals surface area (Å²) in [4.78, 5) is 12.3. The lowest BCUT2D eigenvalue weighted by molar-refractivity contribution is -0.371. The zero-order valence-corrected chi connectivity index (χ0v) is 11.9. The third-order valence-corrected chi connectivity index (χ3v) is 6.45. The van der Waals surface area contributed by atoms with Crippen molar-refractivity contribution in [3.63, 3.8) is 0 Å². The Hall–Kier alpha value is -0.790. The quantitative estimate of drug-likeness (QED) is 0.576. The lowest BCUT2D eigenvalue weighted by atomic mass is 9.52. The van der Waals surface area contributed by atoms with Crippen LogP contribution in [0.1, 0.15) is 20.3 Å². The van der Waals surface area contributed by atoms with E-state index < -0.39 is 41.0 Å². The number of aliphatic hydroxyl groups is 2. The molecule has 3 saturated heterocycles. The third kappa shape index (κ3) is 0.980. The topological polar surface area (TPSA) is 88.5 Å². The highest BCUT2D eigenvalue weighted by atomic mass is 16.7. The second kappa shape index (κ2) is 3.26. The Morgan fingerprint density at radius 1 is 1.38 bits per heavy atom. The summed E-state index contributed by atoms with van der Waals surface area (Å²) in [6.45, 7) is 3.86. The number of aliphatic hydroxyl groups excluding tert-OH is 2. The Labute approximate surface area is 121 Å². The van der Waals surface area contributed by atoms with E-state index in [2.05, 4.69) is 0 Å². The van der Waals surface area contributed by atoms with Crippen molar-refractivity contribution in [3.05, 3.63) is 11.6 Å². The van der Waals surface area contributed by atoms with E-state index in [-0.39, 0.29) is 18.5 Å². The molecule has 6 heteroatoms. The molecule has 5 rings (SSSR count). The van der Waals surface area contributed by atoms with Gasteiger partial charge in [-0.15, -0.1) is 0 Å². The fourth-order valence-corrected chi connectivity index (χ4v) is 5.38. The van der Waals surface area contributed by atoms with Crippen molar-refractivity contribution in [3.8, 4) is 0 Å². The summed E-state index contributed by atoms with van der Waals surface area (Å²) in [6, 6.07) is 0. The minimum atomic E-state index is -1.17. The Morgan fingerprint density at radius 3 is 2.67 bits per heavy atom. The summed E-state index contributed by atoms with van der Waals surface area (Å²) < 4.78 is 17.9. The van der Waals surface area contributed by atoms with Gasteiger partial charge in [-0.1, -0.05) is 0 Å². The van der Waals surface area contributed by atoms with Crippen molar-refractivity contribution >= 4 is 5.78 Å². The zero-order chi connectivity index (χ0) is 14.8. The molecule has 5 aliphatic rings. The van der Waals surface area contributed by atoms with Gasteiger partial charge in [0.25, 0.3) is 0 Å². The number of carbonyl (C=O) groups excluding carboxylic acids is 1. The predicted molar refractivity (Wildman–Crippen MR) is 68.4 cm³/mol. The van der Waals surface area contributed by atoms with Crippen LogP contribution in [0.2, 0.25) is 0 Å². The first-order valence-electron chi connectivity index (χ1n) is 7.47. The summed E-state index contributed by atoms with van der Waals surface area (Å²) in [5.41, 5.74) is -1.86. The third-order valence-electron chi connectivity index (χ3n) is 6.45. The first kappa shape index (κ1) is 12.7.